The van der Waals surface area contributed by atoms with E-state index in [2.05, 4.69) is 5.32 Å². The van der Waals surface area contributed by atoms with Crippen molar-refractivity contribution in [2.24, 2.45) is 0 Å². The Labute approximate surface area is 149 Å². The van der Waals surface area contributed by atoms with Crippen molar-refractivity contribution >= 4 is 16.1 Å². The smallest absolute Gasteiger partial charge is 0.317 e. The Hall–Kier alpha value is -0.900. The number of nitrogens with zero attached hydrogens (tertiary/aromatic N) is 2. The van der Waals surface area contributed by atoms with Crippen LogP contribution in [-0.2, 0) is 19.5 Å². The highest BCUT2D eigenvalue weighted by Crippen LogP contribution is 2.35. The molecule has 0 saturated carbocycles. The topological polar surface area (TPSA) is 88.2 Å². The number of morpholine rings is 1. The maximum Gasteiger partial charge on any atom is 0.317 e. The number of amides is 2. The van der Waals surface area contributed by atoms with Gasteiger partial charge in [0.15, 0.2) is 0 Å². The van der Waals surface area contributed by atoms with Crippen LogP contribution in [0.25, 0.3) is 0 Å². The van der Waals surface area contributed by atoms with Crippen molar-refractivity contribution in [2.45, 2.75) is 57.0 Å². The highest BCUT2D eigenvalue weighted by Gasteiger charge is 2.49. The zero-order valence-electron chi connectivity index (χ0n) is 15.2. The zero-order valence-corrected chi connectivity index (χ0v) is 16.0. The van der Waals surface area contributed by atoms with E-state index >= 15 is 0 Å². The predicted molar refractivity (Wildman–Crippen MR) is 92.9 cm³/mol. The van der Waals surface area contributed by atoms with Gasteiger partial charge in [0.25, 0.3) is 0 Å². The van der Waals surface area contributed by atoms with E-state index in [0.717, 1.165) is 6.42 Å². The van der Waals surface area contributed by atoms with E-state index in [1.165, 1.54) is 10.6 Å². The molecule has 3 aliphatic rings. The fraction of sp³-hybridized carbons (Fsp3) is 0.938. The molecule has 3 unspecified atom stereocenters. The number of hydrogen-bond acceptors (Lipinski definition) is 5. The van der Waals surface area contributed by atoms with Crippen LogP contribution in [0.4, 0.5) is 4.79 Å². The van der Waals surface area contributed by atoms with E-state index in [1.54, 1.807) is 0 Å². The monoisotopic (exact) mass is 375 g/mol. The average molecular weight is 375 g/mol. The fourth-order valence-corrected chi connectivity index (χ4v) is 4.93. The molecular weight excluding hydrogens is 346 g/mol. The van der Waals surface area contributed by atoms with Gasteiger partial charge in [-0.1, -0.05) is 0 Å². The Morgan fingerprint density at radius 2 is 1.92 bits per heavy atom. The van der Waals surface area contributed by atoms with Crippen LogP contribution in [-0.4, -0.2) is 86.5 Å². The molecule has 3 aliphatic heterocycles. The summed E-state index contributed by atoms with van der Waals surface area (Å²) in [6, 6.07) is -0.0803. The van der Waals surface area contributed by atoms with Crippen molar-refractivity contribution in [3.8, 4) is 0 Å². The van der Waals surface area contributed by atoms with E-state index < -0.39 is 15.6 Å². The SMILES string of the molecule is CC1CN(C(=O)NC2CCN(S(C)(=O)=O)CC2)CC2(CCOC2C)O1. The van der Waals surface area contributed by atoms with Gasteiger partial charge in [-0.15, -0.1) is 0 Å². The molecule has 1 N–H and O–H groups in total. The van der Waals surface area contributed by atoms with Crippen molar-refractivity contribution in [3.05, 3.63) is 0 Å². The lowest BCUT2D eigenvalue weighted by molar-refractivity contribution is -0.159. The third-order valence-corrected chi connectivity index (χ3v) is 6.85. The Morgan fingerprint density at radius 3 is 2.48 bits per heavy atom. The third-order valence-electron chi connectivity index (χ3n) is 5.54. The number of sulfonamides is 1. The summed E-state index contributed by atoms with van der Waals surface area (Å²) in [5, 5.41) is 3.07. The van der Waals surface area contributed by atoms with Gasteiger partial charge in [-0.2, -0.15) is 0 Å². The summed E-state index contributed by atoms with van der Waals surface area (Å²) < 4.78 is 36.4. The lowest BCUT2D eigenvalue weighted by atomic mass is 9.93. The Morgan fingerprint density at radius 1 is 1.24 bits per heavy atom. The molecule has 0 aliphatic carbocycles. The minimum Gasteiger partial charge on any atom is -0.375 e. The fourth-order valence-electron chi connectivity index (χ4n) is 4.05. The van der Waals surface area contributed by atoms with Crippen molar-refractivity contribution in [1.82, 2.24) is 14.5 Å². The summed E-state index contributed by atoms with van der Waals surface area (Å²) in [7, 11) is -3.15. The molecule has 0 radical (unpaired) electrons. The van der Waals surface area contributed by atoms with E-state index in [0.29, 0.717) is 45.6 Å². The first-order valence-corrected chi connectivity index (χ1v) is 10.8. The van der Waals surface area contributed by atoms with E-state index in [1.807, 2.05) is 18.7 Å². The van der Waals surface area contributed by atoms with Crippen LogP contribution in [0.2, 0.25) is 0 Å². The van der Waals surface area contributed by atoms with Crippen LogP contribution < -0.4 is 5.32 Å². The van der Waals surface area contributed by atoms with Crippen molar-refractivity contribution < 1.29 is 22.7 Å². The van der Waals surface area contributed by atoms with Gasteiger partial charge >= 0.3 is 6.03 Å². The first kappa shape index (κ1) is 18.9. The summed E-state index contributed by atoms with van der Waals surface area (Å²) in [4.78, 5) is 14.5. The van der Waals surface area contributed by atoms with Crippen molar-refractivity contribution in [2.75, 3.05) is 39.0 Å². The number of nitrogens with one attached hydrogen (secondary N) is 1. The molecule has 0 aromatic carbocycles. The first-order chi connectivity index (χ1) is 11.7. The normalized spacial score (nSPS) is 35.2. The van der Waals surface area contributed by atoms with Crippen LogP contribution in [0.15, 0.2) is 0 Å². The number of hydrogen-bond donors (Lipinski definition) is 1. The molecule has 0 aromatic heterocycles. The molecule has 0 aromatic rings. The minimum atomic E-state index is -3.15. The van der Waals surface area contributed by atoms with E-state index in [4.69, 9.17) is 9.47 Å². The molecular formula is C16H29N3O5S. The standard InChI is InChI=1S/C16H29N3O5S/c1-12-10-18(11-16(24-12)6-9-23-13(16)2)15(20)17-14-4-7-19(8-5-14)25(3,21)22/h12-14H,4-11H2,1-3H3,(H,17,20). The summed E-state index contributed by atoms with van der Waals surface area (Å²) in [6.07, 6.45) is 3.26. The molecule has 3 heterocycles. The second kappa shape index (κ2) is 7.02. The molecule has 25 heavy (non-hydrogen) atoms. The van der Waals surface area contributed by atoms with Crippen molar-refractivity contribution in [1.29, 1.82) is 0 Å². The van der Waals surface area contributed by atoms with Crippen LogP contribution in [0.5, 0.6) is 0 Å². The minimum absolute atomic E-state index is 0.0110. The molecule has 3 saturated heterocycles. The van der Waals surface area contributed by atoms with Crippen molar-refractivity contribution in [3.63, 3.8) is 0 Å². The number of piperidine rings is 1. The van der Waals surface area contributed by atoms with Crippen LogP contribution in [0.3, 0.4) is 0 Å². The van der Waals surface area contributed by atoms with Crippen LogP contribution in [0, 0.1) is 0 Å². The number of carbonyl (C=O) groups excluding carboxylic acids is 1. The van der Waals surface area contributed by atoms with Gasteiger partial charge in [0, 0.05) is 38.7 Å². The van der Waals surface area contributed by atoms with Gasteiger partial charge < -0.3 is 19.7 Å². The summed E-state index contributed by atoms with van der Waals surface area (Å²) in [5.74, 6) is 0. The molecule has 1 spiro atoms. The predicted octanol–water partition coefficient (Wildman–Crippen LogP) is 0.388. The molecule has 3 rings (SSSR count). The molecule has 3 fully saturated rings. The third kappa shape index (κ3) is 4.10. The maximum absolute atomic E-state index is 12.7. The summed E-state index contributed by atoms with van der Waals surface area (Å²) in [5.41, 5.74) is -0.408. The Balaban J connectivity index is 1.56. The number of carbonyl (C=O) groups is 1. The summed E-state index contributed by atoms with van der Waals surface area (Å²) >= 11 is 0. The largest absolute Gasteiger partial charge is 0.375 e. The molecule has 0 bridgehead atoms. The van der Waals surface area contributed by atoms with Gasteiger partial charge in [-0.25, -0.2) is 17.5 Å². The molecule has 9 heteroatoms. The second-order valence-corrected chi connectivity index (χ2v) is 9.51. The quantitative estimate of drug-likeness (QED) is 0.754. The molecule has 8 nitrogen and oxygen atoms in total. The molecule has 144 valence electrons. The highest BCUT2D eigenvalue weighted by atomic mass is 32.2. The van der Waals surface area contributed by atoms with Crippen LogP contribution >= 0.6 is 0 Å². The zero-order chi connectivity index (χ0) is 18.2. The Bertz CT molecular complexity index is 605. The van der Waals surface area contributed by atoms with Gasteiger partial charge in [0.05, 0.1) is 25.0 Å². The number of rotatable bonds is 2. The van der Waals surface area contributed by atoms with E-state index in [-0.39, 0.29) is 24.3 Å². The summed E-state index contributed by atoms with van der Waals surface area (Å²) in [6.45, 7) is 6.65. The average Bonchev–Trinajstić information content (AvgIpc) is 2.86. The lowest BCUT2D eigenvalue weighted by Crippen LogP contribution is -2.62. The van der Waals surface area contributed by atoms with Gasteiger partial charge in [0.1, 0.15) is 5.60 Å². The number of urea groups is 1. The van der Waals surface area contributed by atoms with Gasteiger partial charge in [0.2, 0.25) is 10.0 Å². The van der Waals surface area contributed by atoms with E-state index in [9.17, 15) is 13.2 Å². The lowest BCUT2D eigenvalue weighted by Gasteiger charge is -2.45. The molecule has 2 amide bonds. The van der Waals surface area contributed by atoms with Gasteiger partial charge in [-0.3, -0.25) is 0 Å². The number of ether oxygens (including phenoxy) is 2. The highest BCUT2D eigenvalue weighted by molar-refractivity contribution is 7.88. The molecule has 3 atom stereocenters. The maximum atomic E-state index is 12.7. The Kier molecular flexibility index (Phi) is 5.30. The van der Waals surface area contributed by atoms with Crippen LogP contribution in [0.1, 0.15) is 33.1 Å². The van der Waals surface area contributed by atoms with Gasteiger partial charge in [-0.05, 0) is 26.7 Å². The second-order valence-electron chi connectivity index (χ2n) is 7.52. The first-order valence-electron chi connectivity index (χ1n) is 8.99.